The number of ether oxygens (including phenoxy) is 1. The molecule has 2 aromatic heterocycles. The first-order valence-corrected chi connectivity index (χ1v) is 7.05. The molecule has 0 aliphatic heterocycles. The molecule has 24 heavy (non-hydrogen) atoms. The first kappa shape index (κ1) is 15.5. The normalized spacial score (nSPS) is 11.5. The Morgan fingerprint density at radius 2 is 2.17 bits per heavy atom. The summed E-state index contributed by atoms with van der Waals surface area (Å²) in [5.74, 6) is 0.527. The Morgan fingerprint density at radius 3 is 2.83 bits per heavy atom. The molecule has 0 saturated heterocycles. The van der Waals surface area contributed by atoms with Crippen LogP contribution in [0.3, 0.4) is 0 Å². The molecule has 0 fully saturated rings. The summed E-state index contributed by atoms with van der Waals surface area (Å²) in [4.78, 5) is 11.8. The minimum atomic E-state index is -0.556. The summed E-state index contributed by atoms with van der Waals surface area (Å²) in [6.07, 6.45) is 2.96. The molecule has 0 aliphatic carbocycles. The number of benzene rings is 1. The van der Waals surface area contributed by atoms with E-state index in [1.165, 1.54) is 6.26 Å². The van der Waals surface area contributed by atoms with Crippen molar-refractivity contribution in [2.75, 3.05) is 7.11 Å². The summed E-state index contributed by atoms with van der Waals surface area (Å²) in [6, 6.07) is 9.24. The number of hydrogen-bond acceptors (Lipinski definition) is 7. The van der Waals surface area contributed by atoms with Crippen LogP contribution < -0.4 is 4.74 Å². The molecule has 0 bridgehead atoms. The maximum absolute atomic E-state index is 11.8. The molecule has 3 rings (SSSR count). The van der Waals surface area contributed by atoms with Crippen LogP contribution in [0.5, 0.6) is 5.75 Å². The zero-order valence-corrected chi connectivity index (χ0v) is 12.8. The summed E-state index contributed by atoms with van der Waals surface area (Å²) in [6.45, 7) is 0. The molecule has 0 unspecified atom stereocenters. The standard InChI is InChI=1S/C16H14N4O4/c1-23-12-4-2-10(3-5-12)6-13-7-11(9-24-13)14(21)8-15(22)16-17-19-20-18-16/h2-5,7-9,21H,6H2,1H3,(H,17,18,19,20). The molecule has 0 amide bonds. The lowest BCUT2D eigenvalue weighted by Gasteiger charge is -2.01. The first-order chi connectivity index (χ1) is 11.7. The molecule has 0 saturated carbocycles. The molecular formula is C16H14N4O4. The molecule has 8 heteroatoms. The number of nitrogens with one attached hydrogen (secondary N) is 1. The topological polar surface area (TPSA) is 114 Å². The minimum absolute atomic E-state index is 0.122. The van der Waals surface area contributed by atoms with Crippen LogP contribution in [0.1, 0.15) is 27.5 Å². The molecule has 8 nitrogen and oxygen atoms in total. The number of nitrogens with zero attached hydrogens (tertiary/aromatic N) is 3. The Kier molecular flexibility index (Phi) is 4.37. The number of aliphatic hydroxyl groups excluding tert-OH is 1. The third-order valence-electron chi connectivity index (χ3n) is 3.32. The highest BCUT2D eigenvalue weighted by molar-refractivity contribution is 6.05. The highest BCUT2D eigenvalue weighted by Crippen LogP contribution is 2.20. The van der Waals surface area contributed by atoms with Gasteiger partial charge in [0, 0.05) is 12.5 Å². The predicted molar refractivity (Wildman–Crippen MR) is 83.6 cm³/mol. The van der Waals surface area contributed by atoms with Crippen LogP contribution in [0.25, 0.3) is 5.76 Å². The summed E-state index contributed by atoms with van der Waals surface area (Å²) in [5.41, 5.74) is 1.43. The van der Waals surface area contributed by atoms with Crippen LogP contribution in [0.2, 0.25) is 0 Å². The number of methoxy groups -OCH3 is 1. The van der Waals surface area contributed by atoms with Gasteiger partial charge in [0.2, 0.25) is 11.6 Å². The number of aromatic amines is 1. The van der Waals surface area contributed by atoms with E-state index in [1.54, 1.807) is 13.2 Å². The van der Waals surface area contributed by atoms with Crippen LogP contribution in [0.4, 0.5) is 0 Å². The molecule has 2 heterocycles. The van der Waals surface area contributed by atoms with Crippen molar-refractivity contribution in [2.45, 2.75) is 6.42 Å². The molecule has 3 aromatic rings. The Bertz CT molecular complexity index is 851. The lowest BCUT2D eigenvalue weighted by molar-refractivity contribution is 0.103. The van der Waals surface area contributed by atoms with Crippen LogP contribution >= 0.6 is 0 Å². The summed E-state index contributed by atoms with van der Waals surface area (Å²) in [7, 11) is 1.61. The maximum atomic E-state index is 11.8. The number of furan rings is 1. The molecule has 122 valence electrons. The Labute approximate surface area is 136 Å². The van der Waals surface area contributed by atoms with Crippen molar-refractivity contribution in [3.05, 3.63) is 65.4 Å². The van der Waals surface area contributed by atoms with Crippen molar-refractivity contribution in [1.82, 2.24) is 20.6 Å². The number of aromatic nitrogens is 4. The second-order valence-electron chi connectivity index (χ2n) is 4.96. The number of rotatable bonds is 6. The van der Waals surface area contributed by atoms with Gasteiger partial charge in [0.05, 0.1) is 12.7 Å². The van der Waals surface area contributed by atoms with Gasteiger partial charge in [0.1, 0.15) is 23.5 Å². The zero-order valence-electron chi connectivity index (χ0n) is 12.8. The van der Waals surface area contributed by atoms with Crippen molar-refractivity contribution in [3.8, 4) is 5.75 Å². The summed E-state index contributed by atoms with van der Waals surface area (Å²) < 4.78 is 10.5. The van der Waals surface area contributed by atoms with Gasteiger partial charge in [0.25, 0.3) is 0 Å². The highest BCUT2D eigenvalue weighted by Gasteiger charge is 2.12. The molecule has 0 radical (unpaired) electrons. The van der Waals surface area contributed by atoms with Crippen LogP contribution in [0, 0.1) is 0 Å². The zero-order chi connectivity index (χ0) is 16.9. The number of carbonyl (C=O) groups is 1. The minimum Gasteiger partial charge on any atom is -0.507 e. The third-order valence-corrected chi connectivity index (χ3v) is 3.32. The maximum Gasteiger partial charge on any atom is 0.244 e. The lowest BCUT2D eigenvalue weighted by Crippen LogP contribution is -1.99. The van der Waals surface area contributed by atoms with E-state index in [0.29, 0.717) is 17.7 Å². The first-order valence-electron chi connectivity index (χ1n) is 7.05. The molecule has 0 atom stereocenters. The summed E-state index contributed by atoms with van der Waals surface area (Å²) >= 11 is 0. The second-order valence-corrected chi connectivity index (χ2v) is 4.96. The molecule has 1 aromatic carbocycles. The van der Waals surface area contributed by atoms with Crippen LogP contribution in [-0.2, 0) is 6.42 Å². The fourth-order valence-electron chi connectivity index (χ4n) is 2.09. The van der Waals surface area contributed by atoms with Crippen molar-refractivity contribution >= 4 is 11.5 Å². The van der Waals surface area contributed by atoms with E-state index in [4.69, 9.17) is 9.15 Å². The van der Waals surface area contributed by atoms with Crippen molar-refractivity contribution in [1.29, 1.82) is 0 Å². The Hall–Kier alpha value is -3.42. The number of carbonyl (C=O) groups excluding carboxylic acids is 1. The number of H-pyrrole nitrogens is 1. The Balaban J connectivity index is 1.71. The van der Waals surface area contributed by atoms with Gasteiger partial charge in [-0.3, -0.25) is 4.79 Å². The number of aliphatic hydroxyl groups is 1. The Morgan fingerprint density at radius 1 is 1.38 bits per heavy atom. The molecule has 2 N–H and O–H groups in total. The van der Waals surface area contributed by atoms with Gasteiger partial charge in [-0.05, 0) is 29.0 Å². The number of hydrogen-bond donors (Lipinski definition) is 2. The fraction of sp³-hybridized carbons (Fsp3) is 0.125. The van der Waals surface area contributed by atoms with Crippen molar-refractivity contribution < 1.29 is 19.1 Å². The van der Waals surface area contributed by atoms with Gasteiger partial charge in [-0.2, -0.15) is 5.21 Å². The van der Waals surface area contributed by atoms with Gasteiger partial charge in [0.15, 0.2) is 0 Å². The van der Waals surface area contributed by atoms with E-state index < -0.39 is 5.78 Å². The molecular weight excluding hydrogens is 312 g/mol. The fourth-order valence-corrected chi connectivity index (χ4v) is 2.09. The second kappa shape index (κ2) is 6.78. The van der Waals surface area contributed by atoms with E-state index in [0.717, 1.165) is 17.4 Å². The number of ketones is 1. The van der Waals surface area contributed by atoms with E-state index in [9.17, 15) is 9.90 Å². The molecule has 0 spiro atoms. The van der Waals surface area contributed by atoms with Crippen molar-refractivity contribution in [3.63, 3.8) is 0 Å². The van der Waals surface area contributed by atoms with Crippen molar-refractivity contribution in [2.24, 2.45) is 0 Å². The number of tetrazole rings is 1. The smallest absolute Gasteiger partial charge is 0.244 e. The van der Waals surface area contributed by atoms with Gasteiger partial charge >= 0.3 is 0 Å². The predicted octanol–water partition coefficient (Wildman–Crippen LogP) is 2.17. The molecule has 0 aliphatic rings. The van der Waals surface area contributed by atoms with Crippen LogP contribution in [0.15, 0.2) is 47.1 Å². The van der Waals surface area contributed by atoms with E-state index in [-0.39, 0.29) is 11.6 Å². The highest BCUT2D eigenvalue weighted by atomic mass is 16.5. The van der Waals surface area contributed by atoms with E-state index in [1.807, 2.05) is 24.3 Å². The van der Waals surface area contributed by atoms with Gasteiger partial charge in [-0.25, -0.2) is 0 Å². The largest absolute Gasteiger partial charge is 0.507 e. The third kappa shape index (κ3) is 3.49. The van der Waals surface area contributed by atoms with Gasteiger partial charge in [-0.15, -0.1) is 10.2 Å². The van der Waals surface area contributed by atoms with Crippen LogP contribution in [-0.4, -0.2) is 38.6 Å². The van der Waals surface area contributed by atoms with Gasteiger partial charge < -0.3 is 14.3 Å². The lowest BCUT2D eigenvalue weighted by atomic mass is 10.1. The average molecular weight is 326 g/mol. The van der Waals surface area contributed by atoms with E-state index in [2.05, 4.69) is 20.6 Å². The number of allylic oxidation sites excluding steroid dienone is 1. The monoisotopic (exact) mass is 326 g/mol. The van der Waals surface area contributed by atoms with E-state index >= 15 is 0 Å². The average Bonchev–Trinajstić information content (AvgIpc) is 3.27. The SMILES string of the molecule is COc1ccc(Cc2cc(C(O)=CC(=O)c3nn[nH]n3)co2)cc1. The quantitative estimate of drug-likeness (QED) is 0.405. The summed E-state index contributed by atoms with van der Waals surface area (Å²) in [5, 5.41) is 22.6. The van der Waals surface area contributed by atoms with Gasteiger partial charge in [-0.1, -0.05) is 12.1 Å².